The normalized spacial score (nSPS) is 10.6. The molecule has 128 valence electrons. The molecule has 0 unspecified atom stereocenters. The van der Waals surface area contributed by atoms with E-state index in [9.17, 15) is 4.79 Å². The van der Waals surface area contributed by atoms with Gasteiger partial charge in [0, 0.05) is 18.1 Å². The SMILES string of the molecule is CN(Cc1ccccc1)C(=O)CSc1nnc(-c2ccccc2Br)o1. The molecule has 0 aliphatic heterocycles. The molecule has 1 aromatic heterocycles. The Bertz CT molecular complexity index is 854. The Kier molecular flexibility index (Phi) is 5.88. The van der Waals surface area contributed by atoms with Crippen molar-refractivity contribution < 1.29 is 9.21 Å². The van der Waals surface area contributed by atoms with Gasteiger partial charge in [-0.1, -0.05) is 54.2 Å². The number of carbonyl (C=O) groups excluding carboxylic acids is 1. The molecule has 1 amide bonds. The number of amides is 1. The van der Waals surface area contributed by atoms with Gasteiger partial charge in [-0.15, -0.1) is 10.2 Å². The molecule has 25 heavy (non-hydrogen) atoms. The van der Waals surface area contributed by atoms with E-state index in [2.05, 4.69) is 26.1 Å². The molecule has 2 aromatic carbocycles. The van der Waals surface area contributed by atoms with Gasteiger partial charge < -0.3 is 9.32 Å². The first-order chi connectivity index (χ1) is 12.1. The lowest BCUT2D eigenvalue weighted by Gasteiger charge is -2.16. The van der Waals surface area contributed by atoms with Crippen LogP contribution >= 0.6 is 27.7 Å². The Balaban J connectivity index is 1.57. The van der Waals surface area contributed by atoms with Gasteiger partial charge in [0.15, 0.2) is 0 Å². The summed E-state index contributed by atoms with van der Waals surface area (Å²) in [5.74, 6) is 0.690. The molecule has 0 aliphatic rings. The molecular weight excluding hydrogens is 402 g/mol. The molecule has 1 heterocycles. The van der Waals surface area contributed by atoms with Crippen molar-refractivity contribution in [1.29, 1.82) is 0 Å². The number of carbonyl (C=O) groups is 1. The van der Waals surface area contributed by atoms with Crippen LogP contribution in [0.4, 0.5) is 0 Å². The maximum Gasteiger partial charge on any atom is 0.277 e. The maximum atomic E-state index is 12.3. The summed E-state index contributed by atoms with van der Waals surface area (Å²) in [6.45, 7) is 0.576. The summed E-state index contributed by atoms with van der Waals surface area (Å²) in [6.07, 6.45) is 0. The third-order valence-corrected chi connectivity index (χ3v) is 5.01. The van der Waals surface area contributed by atoms with Crippen molar-refractivity contribution in [3.8, 4) is 11.5 Å². The van der Waals surface area contributed by atoms with E-state index in [4.69, 9.17) is 4.42 Å². The van der Waals surface area contributed by atoms with Crippen molar-refractivity contribution in [3.63, 3.8) is 0 Å². The molecule has 0 radical (unpaired) electrons. The number of hydrogen-bond acceptors (Lipinski definition) is 5. The van der Waals surface area contributed by atoms with E-state index < -0.39 is 0 Å². The van der Waals surface area contributed by atoms with E-state index in [1.54, 1.807) is 11.9 Å². The summed E-state index contributed by atoms with van der Waals surface area (Å²) in [6, 6.07) is 17.5. The lowest BCUT2D eigenvalue weighted by molar-refractivity contribution is -0.127. The molecule has 3 rings (SSSR count). The third-order valence-electron chi connectivity index (χ3n) is 3.52. The highest BCUT2D eigenvalue weighted by Crippen LogP contribution is 2.29. The second-order valence-electron chi connectivity index (χ2n) is 5.38. The zero-order valence-electron chi connectivity index (χ0n) is 13.6. The predicted molar refractivity (Wildman–Crippen MR) is 101 cm³/mol. The molecule has 5 nitrogen and oxygen atoms in total. The summed E-state index contributed by atoms with van der Waals surface area (Å²) in [5.41, 5.74) is 1.92. The summed E-state index contributed by atoms with van der Waals surface area (Å²) >= 11 is 4.70. The van der Waals surface area contributed by atoms with Gasteiger partial charge >= 0.3 is 0 Å². The monoisotopic (exact) mass is 417 g/mol. The van der Waals surface area contributed by atoms with Gasteiger partial charge in [0.25, 0.3) is 5.22 Å². The van der Waals surface area contributed by atoms with Crippen LogP contribution in [0, 0.1) is 0 Å². The molecule has 0 N–H and O–H groups in total. The molecule has 0 spiro atoms. The first-order valence-electron chi connectivity index (χ1n) is 7.62. The molecule has 0 saturated carbocycles. The van der Waals surface area contributed by atoms with Crippen LogP contribution in [0.15, 0.2) is 68.7 Å². The quantitative estimate of drug-likeness (QED) is 0.561. The minimum atomic E-state index is 0.00879. The highest BCUT2D eigenvalue weighted by atomic mass is 79.9. The number of nitrogens with zero attached hydrogens (tertiary/aromatic N) is 3. The number of aromatic nitrogens is 2. The van der Waals surface area contributed by atoms with Gasteiger partial charge in [-0.3, -0.25) is 4.79 Å². The van der Waals surface area contributed by atoms with E-state index in [0.717, 1.165) is 15.6 Å². The highest BCUT2D eigenvalue weighted by Gasteiger charge is 2.15. The van der Waals surface area contributed by atoms with Gasteiger partial charge in [0.05, 0.1) is 11.3 Å². The van der Waals surface area contributed by atoms with E-state index >= 15 is 0 Å². The smallest absolute Gasteiger partial charge is 0.277 e. The Morgan fingerprint density at radius 2 is 1.84 bits per heavy atom. The zero-order chi connectivity index (χ0) is 17.6. The minimum absolute atomic E-state index is 0.00879. The molecule has 0 fully saturated rings. The molecule has 3 aromatic rings. The zero-order valence-corrected chi connectivity index (χ0v) is 16.0. The van der Waals surface area contributed by atoms with Crippen LogP contribution in [0.2, 0.25) is 0 Å². The van der Waals surface area contributed by atoms with Crippen LogP contribution in [0.5, 0.6) is 0 Å². The standard InChI is InChI=1S/C18H16BrN3O2S/c1-22(11-13-7-3-2-4-8-13)16(23)12-25-18-21-20-17(24-18)14-9-5-6-10-15(14)19/h2-10H,11-12H2,1H3. The summed E-state index contributed by atoms with van der Waals surface area (Å²) in [4.78, 5) is 13.9. The van der Waals surface area contributed by atoms with Crippen molar-refractivity contribution >= 4 is 33.6 Å². The number of thioether (sulfide) groups is 1. The van der Waals surface area contributed by atoms with Crippen LogP contribution in [0.3, 0.4) is 0 Å². The number of halogens is 1. The van der Waals surface area contributed by atoms with Crippen LogP contribution in [0.25, 0.3) is 11.5 Å². The van der Waals surface area contributed by atoms with E-state index in [1.165, 1.54) is 11.8 Å². The van der Waals surface area contributed by atoms with Crippen LogP contribution in [0.1, 0.15) is 5.56 Å². The fourth-order valence-corrected chi connectivity index (χ4v) is 3.35. The van der Waals surface area contributed by atoms with Crippen LogP contribution < -0.4 is 0 Å². The summed E-state index contributed by atoms with van der Waals surface area (Å²) in [7, 11) is 1.79. The Morgan fingerprint density at radius 1 is 1.12 bits per heavy atom. The van der Waals surface area contributed by atoms with Gasteiger partial charge in [-0.05, 0) is 33.6 Å². The van der Waals surface area contributed by atoms with E-state index in [-0.39, 0.29) is 11.7 Å². The fraction of sp³-hybridized carbons (Fsp3) is 0.167. The first-order valence-corrected chi connectivity index (χ1v) is 9.40. The molecule has 0 atom stereocenters. The topological polar surface area (TPSA) is 59.2 Å². The predicted octanol–water partition coefficient (Wildman–Crippen LogP) is 4.25. The maximum absolute atomic E-state index is 12.3. The highest BCUT2D eigenvalue weighted by molar-refractivity contribution is 9.10. The van der Waals surface area contributed by atoms with E-state index in [0.29, 0.717) is 17.7 Å². The largest absolute Gasteiger partial charge is 0.411 e. The van der Waals surface area contributed by atoms with Gasteiger partial charge in [-0.25, -0.2) is 0 Å². The van der Waals surface area contributed by atoms with Crippen molar-refractivity contribution in [2.24, 2.45) is 0 Å². The number of rotatable bonds is 6. The van der Waals surface area contributed by atoms with Crippen molar-refractivity contribution in [3.05, 3.63) is 64.6 Å². The molecule has 7 heteroatoms. The summed E-state index contributed by atoms with van der Waals surface area (Å²) in [5, 5.41) is 8.43. The fourth-order valence-electron chi connectivity index (χ4n) is 2.19. The Morgan fingerprint density at radius 3 is 2.60 bits per heavy atom. The second-order valence-corrected chi connectivity index (χ2v) is 7.16. The number of hydrogen-bond donors (Lipinski definition) is 0. The average Bonchev–Trinajstić information content (AvgIpc) is 3.09. The lowest BCUT2D eigenvalue weighted by atomic mass is 10.2. The van der Waals surface area contributed by atoms with Crippen molar-refractivity contribution in [2.75, 3.05) is 12.8 Å². The number of benzene rings is 2. The minimum Gasteiger partial charge on any atom is -0.411 e. The Hall–Kier alpha value is -2.12. The lowest BCUT2D eigenvalue weighted by Crippen LogP contribution is -2.27. The molecule has 0 bridgehead atoms. The van der Waals surface area contributed by atoms with E-state index in [1.807, 2.05) is 54.6 Å². The van der Waals surface area contributed by atoms with Gasteiger partial charge in [0.1, 0.15) is 0 Å². The third kappa shape index (κ3) is 4.70. The van der Waals surface area contributed by atoms with Crippen LogP contribution in [-0.4, -0.2) is 33.8 Å². The Labute approximate surface area is 158 Å². The first kappa shape index (κ1) is 17.7. The molecule has 0 saturated heterocycles. The van der Waals surface area contributed by atoms with Crippen molar-refractivity contribution in [1.82, 2.24) is 15.1 Å². The second kappa shape index (κ2) is 8.31. The molecular formula is C18H16BrN3O2S. The van der Waals surface area contributed by atoms with Crippen LogP contribution in [-0.2, 0) is 11.3 Å². The molecule has 0 aliphatic carbocycles. The van der Waals surface area contributed by atoms with Crippen molar-refractivity contribution in [2.45, 2.75) is 11.8 Å². The average molecular weight is 418 g/mol. The van der Waals surface area contributed by atoms with Gasteiger partial charge in [-0.2, -0.15) is 0 Å². The van der Waals surface area contributed by atoms with Gasteiger partial charge in [0.2, 0.25) is 11.8 Å². The summed E-state index contributed by atoms with van der Waals surface area (Å²) < 4.78 is 6.52.